The summed E-state index contributed by atoms with van der Waals surface area (Å²) in [6, 6.07) is 0. The Morgan fingerprint density at radius 3 is 2.46 bits per heavy atom. The van der Waals surface area contributed by atoms with Gasteiger partial charge in [-0.25, -0.2) is 4.79 Å². The number of carbonyl (C=O) groups excluding carboxylic acids is 1. The van der Waals surface area contributed by atoms with Crippen LogP contribution >= 0.6 is 11.6 Å². The van der Waals surface area contributed by atoms with Crippen molar-refractivity contribution in [3.8, 4) is 0 Å². The third kappa shape index (κ3) is 7.43. The number of piperidine rings is 1. The predicted octanol–water partition coefficient (Wildman–Crippen LogP) is 5.40. The van der Waals surface area contributed by atoms with Gasteiger partial charge in [-0.2, -0.15) is 0 Å². The maximum Gasteiger partial charge on any atom is 0.410 e. The fourth-order valence-corrected chi connectivity index (χ4v) is 2.68. The number of hydrogen-bond acceptors (Lipinski definition) is 3. The predicted molar refractivity (Wildman–Crippen MR) is 99.0 cm³/mol. The maximum absolute atomic E-state index is 12.0. The molecule has 0 spiro atoms. The molecule has 1 aliphatic heterocycles. The van der Waals surface area contributed by atoms with E-state index in [1.807, 2.05) is 26.8 Å². The lowest BCUT2D eigenvalue weighted by atomic mass is 10.1. The summed E-state index contributed by atoms with van der Waals surface area (Å²) in [5.74, 6) is 0. The molecule has 0 aromatic carbocycles. The van der Waals surface area contributed by atoms with Crippen LogP contribution in [0.25, 0.3) is 0 Å². The van der Waals surface area contributed by atoms with Crippen molar-refractivity contribution < 1.29 is 14.3 Å². The molecule has 0 unspecified atom stereocenters. The van der Waals surface area contributed by atoms with E-state index in [4.69, 9.17) is 21.1 Å². The third-order valence-corrected chi connectivity index (χ3v) is 4.13. The van der Waals surface area contributed by atoms with Crippen molar-refractivity contribution in [1.82, 2.24) is 4.90 Å². The highest BCUT2D eigenvalue weighted by Crippen LogP contribution is 2.20. The molecule has 1 fully saturated rings. The quantitative estimate of drug-likeness (QED) is 0.364. The van der Waals surface area contributed by atoms with Crippen molar-refractivity contribution in [3.05, 3.63) is 35.6 Å². The first kappa shape index (κ1) is 20.6. The highest BCUT2D eigenvalue weighted by atomic mass is 35.5. The highest BCUT2D eigenvalue weighted by Gasteiger charge is 2.27. The first-order valence-corrected chi connectivity index (χ1v) is 8.93. The van der Waals surface area contributed by atoms with E-state index in [0.717, 1.165) is 31.3 Å². The van der Waals surface area contributed by atoms with E-state index >= 15 is 0 Å². The zero-order chi connectivity index (χ0) is 18.2. The van der Waals surface area contributed by atoms with E-state index in [-0.39, 0.29) is 12.2 Å². The van der Waals surface area contributed by atoms with Crippen molar-refractivity contribution in [2.75, 3.05) is 13.1 Å². The minimum atomic E-state index is -0.460. The Morgan fingerprint density at radius 1 is 1.33 bits per heavy atom. The number of halogens is 1. The summed E-state index contributed by atoms with van der Waals surface area (Å²) in [4.78, 5) is 13.7. The van der Waals surface area contributed by atoms with Crippen molar-refractivity contribution in [3.63, 3.8) is 0 Å². The molecule has 4 nitrogen and oxygen atoms in total. The molecule has 5 heteroatoms. The van der Waals surface area contributed by atoms with E-state index in [9.17, 15) is 4.79 Å². The largest absolute Gasteiger partial charge is 0.498 e. The number of allylic oxidation sites excluding steroid dienone is 4. The molecule has 1 aliphatic rings. The van der Waals surface area contributed by atoms with Gasteiger partial charge in [0.1, 0.15) is 11.7 Å². The van der Waals surface area contributed by atoms with E-state index in [0.29, 0.717) is 18.1 Å². The Kier molecular flexibility index (Phi) is 8.40. The smallest absolute Gasteiger partial charge is 0.410 e. The summed E-state index contributed by atoms with van der Waals surface area (Å²) in [5.41, 5.74) is 0.685. The van der Waals surface area contributed by atoms with Crippen LogP contribution in [0.15, 0.2) is 35.6 Å². The number of carbonyl (C=O) groups is 1. The third-order valence-electron chi connectivity index (χ3n) is 3.73. The fourth-order valence-electron chi connectivity index (χ4n) is 2.41. The summed E-state index contributed by atoms with van der Waals surface area (Å²) in [7, 11) is 0. The van der Waals surface area contributed by atoms with Gasteiger partial charge in [0.25, 0.3) is 0 Å². The average molecular weight is 356 g/mol. The molecular weight excluding hydrogens is 326 g/mol. The fraction of sp³-hybridized carbons (Fsp3) is 0.632. The number of rotatable bonds is 6. The van der Waals surface area contributed by atoms with Gasteiger partial charge in [-0.1, -0.05) is 24.6 Å². The highest BCUT2D eigenvalue weighted by molar-refractivity contribution is 6.31. The van der Waals surface area contributed by atoms with Crippen LogP contribution in [-0.2, 0) is 9.47 Å². The Balaban J connectivity index is 2.42. The number of hydrogen-bond donors (Lipinski definition) is 0. The van der Waals surface area contributed by atoms with Crippen LogP contribution in [0.1, 0.15) is 53.4 Å². The molecular formula is C19H30ClNO3. The molecule has 0 saturated carbocycles. The Bertz CT molecular complexity index is 483. The zero-order valence-electron chi connectivity index (χ0n) is 15.3. The summed E-state index contributed by atoms with van der Waals surface area (Å²) in [6.07, 6.45) is 8.42. The van der Waals surface area contributed by atoms with Gasteiger partial charge in [-0.3, -0.25) is 0 Å². The van der Waals surface area contributed by atoms with E-state index in [1.165, 1.54) is 0 Å². The van der Waals surface area contributed by atoms with E-state index < -0.39 is 5.60 Å². The molecule has 0 atom stereocenters. The summed E-state index contributed by atoms with van der Waals surface area (Å²) < 4.78 is 11.1. The molecule has 0 aromatic rings. The first-order chi connectivity index (χ1) is 11.3. The summed E-state index contributed by atoms with van der Waals surface area (Å²) in [5, 5.41) is 0.712. The van der Waals surface area contributed by atoms with Crippen molar-refractivity contribution in [2.45, 2.75) is 65.1 Å². The van der Waals surface area contributed by atoms with Gasteiger partial charge in [0.05, 0.1) is 6.26 Å². The second-order valence-electron chi connectivity index (χ2n) is 6.90. The lowest BCUT2D eigenvalue weighted by molar-refractivity contribution is 0.00777. The van der Waals surface area contributed by atoms with Crippen LogP contribution in [0.2, 0.25) is 0 Å². The van der Waals surface area contributed by atoms with Gasteiger partial charge in [-0.15, -0.1) is 6.58 Å². The van der Waals surface area contributed by atoms with Crippen LogP contribution in [0, 0.1) is 0 Å². The lowest BCUT2D eigenvalue weighted by Crippen LogP contribution is -2.43. The Labute approximate surface area is 151 Å². The lowest BCUT2D eigenvalue weighted by Gasteiger charge is -2.33. The topological polar surface area (TPSA) is 38.8 Å². The minimum Gasteiger partial charge on any atom is -0.498 e. The van der Waals surface area contributed by atoms with Crippen LogP contribution in [0.3, 0.4) is 0 Å². The standard InChI is InChI=1S/C19H30ClNO3/c1-6-8-15(7-2)17(20)11-14-23-16-9-12-21(13-10-16)18(22)24-19(3,4)5/h6,11,14,16H,1,7-10,12-13H2,2-5H3. The van der Waals surface area contributed by atoms with E-state index in [1.54, 1.807) is 17.2 Å². The second-order valence-corrected chi connectivity index (χ2v) is 7.31. The van der Waals surface area contributed by atoms with E-state index in [2.05, 4.69) is 13.5 Å². The van der Waals surface area contributed by atoms with Crippen molar-refractivity contribution in [1.29, 1.82) is 0 Å². The molecule has 1 saturated heterocycles. The molecule has 0 N–H and O–H groups in total. The summed E-state index contributed by atoms with van der Waals surface area (Å²) >= 11 is 6.27. The molecule has 1 rings (SSSR count). The molecule has 1 amide bonds. The average Bonchev–Trinajstić information content (AvgIpc) is 2.51. The van der Waals surface area contributed by atoms with Gasteiger partial charge >= 0.3 is 6.09 Å². The Hall–Kier alpha value is -1.42. The number of ether oxygens (including phenoxy) is 2. The number of nitrogens with zero attached hydrogens (tertiary/aromatic N) is 1. The molecule has 24 heavy (non-hydrogen) atoms. The first-order valence-electron chi connectivity index (χ1n) is 8.55. The zero-order valence-corrected chi connectivity index (χ0v) is 16.1. The van der Waals surface area contributed by atoms with Crippen molar-refractivity contribution >= 4 is 17.7 Å². The normalized spacial score (nSPS) is 17.6. The van der Waals surface area contributed by atoms with Crippen LogP contribution < -0.4 is 0 Å². The number of likely N-dealkylation sites (tertiary alicyclic amines) is 1. The van der Waals surface area contributed by atoms with Gasteiger partial charge in [0.2, 0.25) is 0 Å². The number of amides is 1. The maximum atomic E-state index is 12.0. The molecule has 1 heterocycles. The summed E-state index contributed by atoms with van der Waals surface area (Å²) in [6.45, 7) is 12.7. The van der Waals surface area contributed by atoms with Gasteiger partial charge in [0.15, 0.2) is 0 Å². The Morgan fingerprint density at radius 2 is 1.96 bits per heavy atom. The monoisotopic (exact) mass is 355 g/mol. The van der Waals surface area contributed by atoms with Crippen molar-refractivity contribution in [2.24, 2.45) is 0 Å². The van der Waals surface area contributed by atoms with Gasteiger partial charge in [0, 0.05) is 31.0 Å². The van der Waals surface area contributed by atoms with Crippen LogP contribution in [0.5, 0.6) is 0 Å². The SMILES string of the molecule is C=CCC(CC)=C(Cl)C=COC1CCN(C(=O)OC(C)(C)C)CC1. The van der Waals surface area contributed by atoms with Crippen LogP contribution in [0.4, 0.5) is 4.79 Å². The molecule has 0 aliphatic carbocycles. The second kappa shape index (κ2) is 9.77. The van der Waals surface area contributed by atoms with Crippen LogP contribution in [-0.4, -0.2) is 35.8 Å². The molecule has 136 valence electrons. The molecule has 0 bridgehead atoms. The molecule has 0 aromatic heterocycles. The minimum absolute atomic E-state index is 0.105. The van der Waals surface area contributed by atoms with Gasteiger partial charge < -0.3 is 14.4 Å². The van der Waals surface area contributed by atoms with Gasteiger partial charge in [-0.05, 0) is 45.3 Å². The molecule has 0 radical (unpaired) electrons.